The molecule has 11 aromatic rings. The number of para-hydroxylation sites is 2. The standard InChI is InChI=1S/C58H35N3O/c1-2-16-36(17-3-1)37-18-14-19-38(34-37)55-59-56(61-57(60-55)47-27-15-26-46-45-25-9-13-31-53(45)62-54(46)47)39-32-33-52-48(35-39)41-21-5-4-20-40(41)42-22-6-10-28-49(42)58(52)50-29-11-7-23-43(50)44-24-8-12-30-51(44)58/h1-35H. The molecule has 13 rings (SSSR count). The number of benzene rings is 9. The molecule has 1 spiro atoms. The van der Waals surface area contributed by atoms with Crippen LogP contribution in [0.3, 0.4) is 0 Å². The van der Waals surface area contributed by atoms with Crippen molar-refractivity contribution >= 4 is 21.9 Å². The van der Waals surface area contributed by atoms with Gasteiger partial charge < -0.3 is 4.42 Å². The first kappa shape index (κ1) is 34.6. The van der Waals surface area contributed by atoms with Gasteiger partial charge in [-0.25, -0.2) is 15.0 Å². The van der Waals surface area contributed by atoms with Crippen molar-refractivity contribution in [2.45, 2.75) is 5.41 Å². The quantitative estimate of drug-likeness (QED) is 0.178. The van der Waals surface area contributed by atoms with E-state index < -0.39 is 5.41 Å². The SMILES string of the molecule is c1ccc(-c2cccc(-c3nc(-c4ccc5c(c4)-c4ccccc4-c4ccccc4C54c5ccccc5-c5ccccc54)nc(-c4cccc5c4oc4ccccc45)n3)c2)cc1. The van der Waals surface area contributed by atoms with Gasteiger partial charge >= 0.3 is 0 Å². The van der Waals surface area contributed by atoms with E-state index in [9.17, 15) is 0 Å². The van der Waals surface area contributed by atoms with Crippen molar-refractivity contribution < 1.29 is 4.42 Å². The number of nitrogens with zero attached hydrogens (tertiary/aromatic N) is 3. The van der Waals surface area contributed by atoms with Crippen LogP contribution in [-0.2, 0) is 5.41 Å². The molecule has 9 aromatic carbocycles. The summed E-state index contributed by atoms with van der Waals surface area (Å²) in [6.45, 7) is 0. The molecule has 62 heavy (non-hydrogen) atoms. The minimum Gasteiger partial charge on any atom is -0.455 e. The predicted octanol–water partition coefficient (Wildman–Crippen LogP) is 14.4. The lowest BCUT2D eigenvalue weighted by Gasteiger charge is -2.35. The van der Waals surface area contributed by atoms with Crippen molar-refractivity contribution in [2.75, 3.05) is 0 Å². The second-order valence-corrected chi connectivity index (χ2v) is 16.2. The molecular formula is C58H35N3O. The first-order valence-corrected chi connectivity index (χ1v) is 21.1. The van der Waals surface area contributed by atoms with Crippen LogP contribution in [0.25, 0.3) is 101 Å². The first-order valence-electron chi connectivity index (χ1n) is 21.1. The van der Waals surface area contributed by atoms with Crippen molar-refractivity contribution in [2.24, 2.45) is 0 Å². The number of furan rings is 1. The fraction of sp³-hybridized carbons (Fsp3) is 0.0172. The Hall–Kier alpha value is -8.21. The van der Waals surface area contributed by atoms with Crippen LogP contribution in [0.5, 0.6) is 0 Å². The van der Waals surface area contributed by atoms with Crippen LogP contribution in [0.15, 0.2) is 217 Å². The molecule has 2 aliphatic carbocycles. The molecule has 288 valence electrons. The van der Waals surface area contributed by atoms with E-state index in [1.54, 1.807) is 0 Å². The predicted molar refractivity (Wildman–Crippen MR) is 251 cm³/mol. The van der Waals surface area contributed by atoms with Crippen LogP contribution < -0.4 is 0 Å². The maximum absolute atomic E-state index is 6.57. The fourth-order valence-corrected chi connectivity index (χ4v) is 10.3. The second-order valence-electron chi connectivity index (χ2n) is 16.2. The molecule has 0 N–H and O–H groups in total. The van der Waals surface area contributed by atoms with Crippen LogP contribution in [0.1, 0.15) is 22.3 Å². The lowest BCUT2D eigenvalue weighted by Crippen LogP contribution is -2.29. The molecule has 0 atom stereocenters. The molecule has 0 amide bonds. The highest BCUT2D eigenvalue weighted by Gasteiger charge is 2.49. The van der Waals surface area contributed by atoms with E-state index in [1.165, 1.54) is 50.1 Å². The third-order valence-electron chi connectivity index (χ3n) is 13.0. The summed E-state index contributed by atoms with van der Waals surface area (Å²) in [5.41, 5.74) is 18.2. The summed E-state index contributed by atoms with van der Waals surface area (Å²) in [4.78, 5) is 15.9. The number of aromatic nitrogens is 3. The van der Waals surface area contributed by atoms with Gasteiger partial charge in [0.1, 0.15) is 11.2 Å². The molecule has 2 heterocycles. The molecule has 4 heteroatoms. The lowest BCUT2D eigenvalue weighted by atomic mass is 9.66. The van der Waals surface area contributed by atoms with Gasteiger partial charge in [0.25, 0.3) is 0 Å². The van der Waals surface area contributed by atoms with Crippen molar-refractivity contribution in [3.05, 3.63) is 235 Å². The van der Waals surface area contributed by atoms with E-state index in [1.807, 2.05) is 24.3 Å². The van der Waals surface area contributed by atoms with Gasteiger partial charge in [-0.15, -0.1) is 0 Å². The Labute approximate surface area is 358 Å². The highest BCUT2D eigenvalue weighted by molar-refractivity contribution is 6.09. The van der Waals surface area contributed by atoms with Gasteiger partial charge in [-0.2, -0.15) is 0 Å². The highest BCUT2D eigenvalue weighted by atomic mass is 16.3. The van der Waals surface area contributed by atoms with E-state index >= 15 is 0 Å². The minimum atomic E-state index is -0.569. The summed E-state index contributed by atoms with van der Waals surface area (Å²) >= 11 is 0. The third kappa shape index (κ3) is 4.98. The summed E-state index contributed by atoms with van der Waals surface area (Å²) < 4.78 is 6.57. The monoisotopic (exact) mass is 789 g/mol. The van der Waals surface area contributed by atoms with Crippen molar-refractivity contribution in [1.29, 1.82) is 0 Å². The van der Waals surface area contributed by atoms with Gasteiger partial charge in [0.05, 0.1) is 11.0 Å². The fourth-order valence-electron chi connectivity index (χ4n) is 10.3. The molecule has 0 unspecified atom stereocenters. The zero-order valence-electron chi connectivity index (χ0n) is 33.5. The number of fused-ring (bicyclic) bond motifs is 15. The zero-order chi connectivity index (χ0) is 40.8. The molecular weight excluding hydrogens is 755 g/mol. The van der Waals surface area contributed by atoms with E-state index in [2.05, 4.69) is 188 Å². The van der Waals surface area contributed by atoms with Crippen molar-refractivity contribution in [1.82, 2.24) is 15.0 Å². The molecule has 4 nitrogen and oxygen atoms in total. The minimum absolute atomic E-state index is 0.553. The Morgan fingerprint density at radius 3 is 1.47 bits per heavy atom. The lowest BCUT2D eigenvalue weighted by molar-refractivity contribution is 0.669. The van der Waals surface area contributed by atoms with E-state index in [-0.39, 0.29) is 0 Å². The Kier molecular flexibility index (Phi) is 7.49. The second kappa shape index (κ2) is 13.4. The summed E-state index contributed by atoms with van der Waals surface area (Å²) in [6.07, 6.45) is 0. The Morgan fingerprint density at radius 2 is 0.758 bits per heavy atom. The topological polar surface area (TPSA) is 51.8 Å². The van der Waals surface area contributed by atoms with Crippen LogP contribution >= 0.6 is 0 Å². The molecule has 0 aliphatic heterocycles. The van der Waals surface area contributed by atoms with Crippen LogP contribution in [0.2, 0.25) is 0 Å². The normalized spacial score (nSPS) is 13.0. The number of hydrogen-bond donors (Lipinski definition) is 0. The average molecular weight is 790 g/mol. The maximum atomic E-state index is 6.57. The molecule has 0 saturated carbocycles. The zero-order valence-corrected chi connectivity index (χ0v) is 33.5. The van der Waals surface area contributed by atoms with Crippen molar-refractivity contribution in [3.63, 3.8) is 0 Å². The molecule has 0 saturated heterocycles. The Bertz CT molecular complexity index is 3560. The number of hydrogen-bond acceptors (Lipinski definition) is 4. The van der Waals surface area contributed by atoms with Gasteiger partial charge in [-0.1, -0.05) is 188 Å². The van der Waals surface area contributed by atoms with Crippen LogP contribution in [0.4, 0.5) is 0 Å². The van der Waals surface area contributed by atoms with Gasteiger partial charge in [-0.3, -0.25) is 0 Å². The van der Waals surface area contributed by atoms with E-state index in [0.29, 0.717) is 17.5 Å². The first-order chi connectivity index (χ1) is 30.7. The molecule has 0 bridgehead atoms. The molecule has 0 fully saturated rings. The van der Waals surface area contributed by atoms with Crippen LogP contribution in [0, 0.1) is 0 Å². The summed E-state index contributed by atoms with van der Waals surface area (Å²) in [5, 5.41) is 2.08. The average Bonchev–Trinajstić information content (AvgIpc) is 3.85. The van der Waals surface area contributed by atoms with E-state index in [4.69, 9.17) is 19.4 Å². The van der Waals surface area contributed by atoms with E-state index in [0.717, 1.165) is 55.3 Å². The summed E-state index contributed by atoms with van der Waals surface area (Å²) in [7, 11) is 0. The summed E-state index contributed by atoms with van der Waals surface area (Å²) in [6, 6.07) is 75.9. The maximum Gasteiger partial charge on any atom is 0.167 e. The highest BCUT2D eigenvalue weighted by Crippen LogP contribution is 2.61. The van der Waals surface area contributed by atoms with Gasteiger partial charge in [0, 0.05) is 21.9 Å². The smallest absolute Gasteiger partial charge is 0.167 e. The third-order valence-corrected chi connectivity index (χ3v) is 13.0. The van der Waals surface area contributed by atoms with Crippen LogP contribution in [-0.4, -0.2) is 15.0 Å². The van der Waals surface area contributed by atoms with Gasteiger partial charge in [0.2, 0.25) is 0 Å². The summed E-state index contributed by atoms with van der Waals surface area (Å²) in [5.74, 6) is 1.73. The largest absolute Gasteiger partial charge is 0.455 e. The van der Waals surface area contributed by atoms with Gasteiger partial charge in [0.15, 0.2) is 17.5 Å². The van der Waals surface area contributed by atoms with Crippen molar-refractivity contribution in [3.8, 4) is 78.7 Å². The molecule has 2 aliphatic rings. The number of rotatable bonds is 4. The molecule has 0 radical (unpaired) electrons. The Balaban J connectivity index is 1.09. The van der Waals surface area contributed by atoms with Gasteiger partial charge in [-0.05, 0) is 91.0 Å². The Morgan fingerprint density at radius 1 is 0.290 bits per heavy atom. The molecule has 2 aromatic heterocycles.